The highest BCUT2D eigenvalue weighted by Gasteiger charge is 2.47. The summed E-state index contributed by atoms with van der Waals surface area (Å²) in [4.78, 5) is 39.0. The van der Waals surface area contributed by atoms with Crippen molar-refractivity contribution in [2.75, 3.05) is 19.7 Å². The topological polar surface area (TPSA) is 140 Å². The number of esters is 1. The number of rotatable bonds is 10. The maximum atomic E-state index is 13.4. The number of hydrogen-bond acceptors (Lipinski definition) is 8. The predicted molar refractivity (Wildman–Crippen MR) is 158 cm³/mol. The average molecular weight is 614 g/mol. The first kappa shape index (κ1) is 34.7. The Labute approximate surface area is 245 Å². The molecule has 13 heteroatoms. The van der Waals surface area contributed by atoms with E-state index < -0.39 is 60.6 Å². The summed E-state index contributed by atoms with van der Waals surface area (Å²) in [5.74, 6) is -1.26. The maximum Gasteiger partial charge on any atom is 0.410 e. The molecule has 0 spiro atoms. The summed E-state index contributed by atoms with van der Waals surface area (Å²) in [6, 6.07) is 4.84. The van der Waals surface area contributed by atoms with Crippen LogP contribution in [0.15, 0.2) is 29.2 Å². The molecule has 41 heavy (non-hydrogen) atoms. The Hall–Kier alpha value is -2.48. The molecule has 2 amide bonds. The quantitative estimate of drug-likeness (QED) is 0.301. The Morgan fingerprint density at radius 2 is 1.66 bits per heavy atom. The number of aryl methyl sites for hydroxylation is 1. The van der Waals surface area contributed by atoms with Crippen molar-refractivity contribution in [2.24, 2.45) is 0 Å². The van der Waals surface area contributed by atoms with Gasteiger partial charge in [-0.3, -0.25) is 9.59 Å². The summed E-state index contributed by atoms with van der Waals surface area (Å²) in [6.45, 7) is 18.4. The summed E-state index contributed by atoms with van der Waals surface area (Å²) in [7, 11) is -6.17. The Morgan fingerprint density at radius 1 is 1.07 bits per heavy atom. The van der Waals surface area contributed by atoms with Crippen molar-refractivity contribution in [1.82, 2.24) is 14.9 Å². The van der Waals surface area contributed by atoms with Gasteiger partial charge in [-0.15, -0.1) is 0 Å². The second-order valence-corrected chi connectivity index (χ2v) is 19.6. The molecular weight excluding hydrogens is 566 g/mol. The zero-order valence-electron chi connectivity index (χ0n) is 26.0. The van der Waals surface area contributed by atoms with Gasteiger partial charge in [-0.1, -0.05) is 38.5 Å². The monoisotopic (exact) mass is 613 g/mol. The molecule has 0 aromatic heterocycles. The third-order valence-corrected chi connectivity index (χ3v) is 13.2. The van der Waals surface area contributed by atoms with Crippen molar-refractivity contribution in [3.8, 4) is 0 Å². The van der Waals surface area contributed by atoms with Crippen LogP contribution in [0.3, 0.4) is 0 Å². The van der Waals surface area contributed by atoms with Crippen molar-refractivity contribution < 1.29 is 36.7 Å². The van der Waals surface area contributed by atoms with Crippen LogP contribution < -0.4 is 10.0 Å². The van der Waals surface area contributed by atoms with Gasteiger partial charge in [-0.25, -0.2) is 17.9 Å². The lowest BCUT2D eigenvalue weighted by Gasteiger charge is -2.38. The standard InChI is InChI=1S/C28H47N3O8SSi/c1-19-11-13-22(14-12-19)40(35,36)29-16-23(30-25(33)18-37-20(2)32)24-15-21(39-41(9,10)28(6,7)8)17-31(24)26(34)38-27(3,4)5/h11-14,21,23-24,29H,15-18H2,1-10H3,(H,30,33)/t21-,23?,24+/m1/s1. The molecule has 1 aromatic rings. The van der Waals surface area contributed by atoms with Crippen LogP contribution in [-0.4, -0.2) is 83.1 Å². The summed E-state index contributed by atoms with van der Waals surface area (Å²) in [6.07, 6.45) is -0.601. The zero-order valence-corrected chi connectivity index (χ0v) is 27.8. The fraction of sp³-hybridized carbons (Fsp3) is 0.679. The third-order valence-electron chi connectivity index (χ3n) is 7.24. The lowest BCUT2D eigenvalue weighted by molar-refractivity contribution is -0.146. The molecule has 0 saturated carbocycles. The molecule has 0 radical (unpaired) electrons. The minimum atomic E-state index is -3.94. The van der Waals surface area contributed by atoms with Gasteiger partial charge in [0, 0.05) is 20.0 Å². The maximum absolute atomic E-state index is 13.4. The molecule has 1 aromatic carbocycles. The number of carbonyl (C=O) groups is 3. The highest BCUT2D eigenvalue weighted by atomic mass is 32.2. The smallest absolute Gasteiger partial charge is 0.410 e. The van der Waals surface area contributed by atoms with Crippen molar-refractivity contribution in [3.05, 3.63) is 29.8 Å². The Morgan fingerprint density at radius 3 is 2.17 bits per heavy atom. The summed E-state index contributed by atoms with van der Waals surface area (Å²) in [5.41, 5.74) is 0.132. The third kappa shape index (κ3) is 10.4. The van der Waals surface area contributed by atoms with E-state index in [0.29, 0.717) is 6.42 Å². The van der Waals surface area contributed by atoms with Gasteiger partial charge in [0.15, 0.2) is 14.9 Å². The molecule has 1 heterocycles. The highest BCUT2D eigenvalue weighted by molar-refractivity contribution is 7.89. The van der Waals surface area contributed by atoms with Crippen LogP contribution in [0.4, 0.5) is 4.79 Å². The molecule has 1 aliphatic rings. The Balaban J connectivity index is 2.41. The number of likely N-dealkylation sites (tertiary alicyclic amines) is 1. The number of carbonyl (C=O) groups excluding carboxylic acids is 3. The second kappa shape index (κ2) is 13.2. The zero-order chi connectivity index (χ0) is 31.4. The van der Waals surface area contributed by atoms with Gasteiger partial charge in [-0.05, 0) is 64.4 Å². The lowest BCUT2D eigenvalue weighted by atomic mass is 10.0. The van der Waals surface area contributed by atoms with Crippen LogP contribution in [0.5, 0.6) is 0 Å². The number of hydrogen-bond donors (Lipinski definition) is 2. The molecule has 1 fully saturated rings. The van der Waals surface area contributed by atoms with Gasteiger partial charge >= 0.3 is 12.1 Å². The van der Waals surface area contributed by atoms with Crippen LogP contribution in [-0.2, 0) is 33.5 Å². The first-order chi connectivity index (χ1) is 18.6. The number of nitrogens with one attached hydrogen (secondary N) is 2. The predicted octanol–water partition coefficient (Wildman–Crippen LogP) is 3.72. The molecule has 3 atom stereocenters. The molecule has 232 valence electrons. The number of ether oxygens (including phenoxy) is 2. The minimum Gasteiger partial charge on any atom is -0.456 e. The van der Waals surface area contributed by atoms with Gasteiger partial charge in [0.25, 0.3) is 5.91 Å². The van der Waals surface area contributed by atoms with E-state index in [-0.39, 0.29) is 29.1 Å². The van der Waals surface area contributed by atoms with E-state index in [4.69, 9.17) is 13.9 Å². The fourth-order valence-electron chi connectivity index (χ4n) is 4.12. The Kier molecular flexibility index (Phi) is 11.2. The van der Waals surface area contributed by atoms with Gasteiger partial charge in [0.2, 0.25) is 10.0 Å². The Bertz CT molecular complexity index is 1190. The van der Waals surface area contributed by atoms with Crippen LogP contribution in [0.1, 0.15) is 60.5 Å². The van der Waals surface area contributed by atoms with E-state index in [2.05, 4.69) is 43.9 Å². The molecule has 0 aliphatic carbocycles. The molecule has 11 nitrogen and oxygen atoms in total. The number of benzene rings is 1. The van der Waals surface area contributed by atoms with Gasteiger partial charge in [0.05, 0.1) is 23.1 Å². The van der Waals surface area contributed by atoms with Crippen molar-refractivity contribution >= 4 is 36.3 Å². The first-order valence-electron chi connectivity index (χ1n) is 13.8. The van der Waals surface area contributed by atoms with Crippen molar-refractivity contribution in [2.45, 2.75) is 109 Å². The summed E-state index contributed by atoms with van der Waals surface area (Å²) < 4.78 is 46.0. The van der Waals surface area contributed by atoms with E-state index in [1.807, 2.05) is 6.92 Å². The molecular formula is C28H47N3O8SSi. The van der Waals surface area contributed by atoms with E-state index in [9.17, 15) is 22.8 Å². The van der Waals surface area contributed by atoms with Crippen molar-refractivity contribution in [3.63, 3.8) is 0 Å². The minimum absolute atomic E-state index is 0.0719. The lowest BCUT2D eigenvalue weighted by Crippen LogP contribution is -2.56. The number of amides is 2. The normalized spacial score (nSPS) is 19.0. The number of nitrogens with zero attached hydrogens (tertiary/aromatic N) is 1. The van der Waals surface area contributed by atoms with E-state index in [0.717, 1.165) is 5.56 Å². The van der Waals surface area contributed by atoms with Crippen molar-refractivity contribution in [1.29, 1.82) is 0 Å². The molecule has 2 N–H and O–H groups in total. The van der Waals surface area contributed by atoms with Crippen LogP contribution in [0.2, 0.25) is 18.1 Å². The molecule has 2 rings (SSSR count). The highest BCUT2D eigenvalue weighted by Crippen LogP contribution is 2.39. The summed E-state index contributed by atoms with van der Waals surface area (Å²) >= 11 is 0. The largest absolute Gasteiger partial charge is 0.456 e. The van der Waals surface area contributed by atoms with Gasteiger partial charge < -0.3 is 24.1 Å². The molecule has 0 bridgehead atoms. The fourth-order valence-corrected chi connectivity index (χ4v) is 6.53. The number of sulfonamides is 1. The van der Waals surface area contributed by atoms with Gasteiger partial charge in [-0.2, -0.15) is 0 Å². The van der Waals surface area contributed by atoms with E-state index in [1.165, 1.54) is 24.0 Å². The molecule has 1 aliphatic heterocycles. The van der Waals surface area contributed by atoms with Crippen LogP contribution in [0.25, 0.3) is 0 Å². The molecule has 1 unspecified atom stereocenters. The van der Waals surface area contributed by atoms with Crippen LogP contribution >= 0.6 is 0 Å². The van der Waals surface area contributed by atoms with E-state index >= 15 is 0 Å². The molecule has 1 saturated heterocycles. The summed E-state index contributed by atoms with van der Waals surface area (Å²) in [5, 5.41) is 2.69. The second-order valence-electron chi connectivity index (χ2n) is 13.1. The van der Waals surface area contributed by atoms with E-state index in [1.54, 1.807) is 32.9 Å². The SMILES string of the molecule is CC(=O)OCC(=O)NC(CNS(=O)(=O)c1ccc(C)cc1)[C@@H]1C[C@@H](O[Si](C)(C)C(C)(C)C)CN1C(=O)OC(C)(C)C. The van der Waals surface area contributed by atoms with Gasteiger partial charge in [0.1, 0.15) is 5.60 Å². The first-order valence-corrected chi connectivity index (χ1v) is 18.2. The van der Waals surface area contributed by atoms with Crippen LogP contribution in [0, 0.1) is 6.92 Å². The average Bonchev–Trinajstić information content (AvgIpc) is 3.22.